The van der Waals surface area contributed by atoms with Gasteiger partial charge in [-0.25, -0.2) is 8.42 Å². The van der Waals surface area contributed by atoms with Gasteiger partial charge >= 0.3 is 0 Å². The van der Waals surface area contributed by atoms with Gasteiger partial charge in [-0.1, -0.05) is 17.3 Å². The number of hydrogen-bond acceptors (Lipinski definition) is 7. The van der Waals surface area contributed by atoms with Gasteiger partial charge in [-0.3, -0.25) is 9.71 Å². The summed E-state index contributed by atoms with van der Waals surface area (Å²) in [5.41, 5.74) is 3.40. The van der Waals surface area contributed by atoms with E-state index in [9.17, 15) is 8.42 Å². The highest BCUT2D eigenvalue weighted by Crippen LogP contribution is 2.34. The molecule has 5 rings (SSSR count). The fraction of sp³-hybridized carbons (Fsp3) is 0.0870. The quantitative estimate of drug-likeness (QED) is 0.406. The summed E-state index contributed by atoms with van der Waals surface area (Å²) in [5, 5.41) is 4.64. The topological polar surface area (TPSA) is 111 Å². The van der Waals surface area contributed by atoms with Crippen molar-refractivity contribution < 1.29 is 17.4 Å². The van der Waals surface area contributed by atoms with Crippen LogP contribution in [0.3, 0.4) is 0 Å². The number of benzene rings is 2. The molecule has 0 bridgehead atoms. The molecular formula is C23H18N4O4S. The Balaban J connectivity index is 1.51. The number of aromatic nitrogens is 3. The average molecular weight is 446 g/mol. The Bertz CT molecular complexity index is 1540. The molecule has 0 saturated carbocycles. The normalized spacial score (nSPS) is 11.7. The zero-order valence-corrected chi connectivity index (χ0v) is 18.1. The highest BCUT2D eigenvalue weighted by molar-refractivity contribution is 7.92. The molecule has 0 aliphatic heterocycles. The van der Waals surface area contributed by atoms with Crippen LogP contribution in [0.4, 0.5) is 5.69 Å². The zero-order valence-electron chi connectivity index (χ0n) is 17.2. The largest absolute Gasteiger partial charge is 0.451 e. The monoisotopic (exact) mass is 446 g/mol. The van der Waals surface area contributed by atoms with Crippen LogP contribution in [0.15, 0.2) is 80.8 Å². The molecule has 3 heterocycles. The van der Waals surface area contributed by atoms with Gasteiger partial charge in [0, 0.05) is 34.6 Å². The van der Waals surface area contributed by atoms with E-state index in [0.717, 1.165) is 5.56 Å². The number of rotatable bonds is 5. The molecule has 1 N–H and O–H groups in total. The fourth-order valence-electron chi connectivity index (χ4n) is 3.42. The number of nitrogens with one attached hydrogen (secondary N) is 1. The van der Waals surface area contributed by atoms with Crippen molar-refractivity contribution in [2.24, 2.45) is 0 Å². The Hall–Kier alpha value is -3.98. The summed E-state index contributed by atoms with van der Waals surface area (Å²) >= 11 is 0. The zero-order chi connectivity index (χ0) is 22.3. The molecule has 160 valence electrons. The van der Waals surface area contributed by atoms with E-state index in [-0.39, 0.29) is 10.8 Å². The van der Waals surface area contributed by atoms with Crippen LogP contribution in [0.2, 0.25) is 0 Å². The molecule has 8 nitrogen and oxygen atoms in total. The number of aryl methyl sites for hydroxylation is 2. The van der Waals surface area contributed by atoms with Crippen molar-refractivity contribution in [1.29, 1.82) is 0 Å². The van der Waals surface area contributed by atoms with Crippen LogP contribution in [0.1, 0.15) is 11.1 Å². The van der Waals surface area contributed by atoms with Gasteiger partial charge in [0.2, 0.25) is 5.82 Å². The van der Waals surface area contributed by atoms with E-state index >= 15 is 0 Å². The predicted molar refractivity (Wildman–Crippen MR) is 119 cm³/mol. The molecule has 0 saturated heterocycles. The van der Waals surface area contributed by atoms with E-state index in [0.29, 0.717) is 39.4 Å². The van der Waals surface area contributed by atoms with E-state index in [2.05, 4.69) is 19.8 Å². The molecular weight excluding hydrogens is 428 g/mol. The number of nitrogens with zero attached hydrogens (tertiary/aromatic N) is 3. The van der Waals surface area contributed by atoms with Crippen molar-refractivity contribution in [3.63, 3.8) is 0 Å². The summed E-state index contributed by atoms with van der Waals surface area (Å²) in [6, 6.07) is 15.5. The fourth-order valence-corrected chi connectivity index (χ4v) is 4.50. The lowest BCUT2D eigenvalue weighted by Crippen LogP contribution is -2.12. The van der Waals surface area contributed by atoms with Crippen molar-refractivity contribution in [3.8, 4) is 23.0 Å². The molecule has 0 spiro atoms. The van der Waals surface area contributed by atoms with Gasteiger partial charge in [0.25, 0.3) is 15.9 Å². The van der Waals surface area contributed by atoms with Gasteiger partial charge in [-0.05, 0) is 61.9 Å². The summed E-state index contributed by atoms with van der Waals surface area (Å²) in [6.45, 7) is 3.72. The first-order chi connectivity index (χ1) is 15.4. The maximum absolute atomic E-state index is 12.9. The van der Waals surface area contributed by atoms with Gasteiger partial charge in [0.05, 0.1) is 4.90 Å². The molecule has 32 heavy (non-hydrogen) atoms. The van der Waals surface area contributed by atoms with Crippen molar-refractivity contribution in [2.75, 3.05) is 4.72 Å². The van der Waals surface area contributed by atoms with Crippen LogP contribution >= 0.6 is 0 Å². The lowest BCUT2D eigenvalue weighted by Gasteiger charge is -2.08. The molecule has 0 atom stereocenters. The van der Waals surface area contributed by atoms with Gasteiger partial charge in [-0.2, -0.15) is 4.98 Å². The van der Waals surface area contributed by atoms with Gasteiger partial charge in [0.1, 0.15) is 5.58 Å². The number of fused-ring (bicyclic) bond motifs is 1. The summed E-state index contributed by atoms with van der Waals surface area (Å²) in [6.07, 6.45) is 3.30. The van der Waals surface area contributed by atoms with Gasteiger partial charge < -0.3 is 8.94 Å². The van der Waals surface area contributed by atoms with E-state index in [1.54, 1.807) is 48.8 Å². The van der Waals surface area contributed by atoms with Crippen molar-refractivity contribution >= 4 is 26.7 Å². The van der Waals surface area contributed by atoms with Crippen LogP contribution in [0.25, 0.3) is 34.0 Å². The summed E-state index contributed by atoms with van der Waals surface area (Å²) in [5.74, 6) is 0.988. The van der Waals surface area contributed by atoms with E-state index in [4.69, 9.17) is 8.94 Å². The maximum atomic E-state index is 12.9. The molecule has 0 amide bonds. The average Bonchev–Trinajstić information content (AvgIpc) is 3.39. The molecule has 0 aliphatic carbocycles. The van der Waals surface area contributed by atoms with E-state index < -0.39 is 10.0 Å². The van der Waals surface area contributed by atoms with Crippen molar-refractivity contribution in [2.45, 2.75) is 18.7 Å². The third-order valence-electron chi connectivity index (χ3n) is 5.03. The molecule has 0 unspecified atom stereocenters. The number of anilines is 1. The molecule has 9 heteroatoms. The Morgan fingerprint density at radius 3 is 2.66 bits per heavy atom. The molecule has 5 aromatic rings. The summed E-state index contributed by atoms with van der Waals surface area (Å²) in [7, 11) is -3.78. The number of hydrogen-bond donors (Lipinski definition) is 1. The van der Waals surface area contributed by atoms with Crippen molar-refractivity contribution in [3.05, 3.63) is 78.1 Å². The minimum absolute atomic E-state index is 0.128. The first-order valence-corrected chi connectivity index (χ1v) is 11.3. The number of furan rings is 1. The second-order valence-corrected chi connectivity index (χ2v) is 9.04. The Kier molecular flexibility index (Phi) is 4.75. The Labute approximate surface area is 184 Å². The molecule has 2 aromatic carbocycles. The standard InChI is InChI=1S/C23H18N4O4S/c1-14-5-3-7-17(11-14)27-32(28,29)18-8-9-20-19(12-18)15(2)21(30-20)23-25-22(26-31-23)16-6-4-10-24-13-16/h3-13,27H,1-2H3. The van der Waals surface area contributed by atoms with Gasteiger partial charge in [-0.15, -0.1) is 0 Å². The number of pyridine rings is 1. The first-order valence-electron chi connectivity index (χ1n) is 9.78. The first kappa shape index (κ1) is 20.0. The molecule has 3 aromatic heterocycles. The lowest BCUT2D eigenvalue weighted by molar-refractivity contribution is 0.419. The minimum Gasteiger partial charge on any atom is -0.451 e. The third kappa shape index (κ3) is 3.63. The van der Waals surface area contributed by atoms with Crippen LogP contribution in [0.5, 0.6) is 0 Å². The van der Waals surface area contributed by atoms with Crippen LogP contribution in [-0.2, 0) is 10.0 Å². The van der Waals surface area contributed by atoms with Crippen LogP contribution in [-0.4, -0.2) is 23.5 Å². The highest BCUT2D eigenvalue weighted by Gasteiger charge is 2.22. The van der Waals surface area contributed by atoms with E-state index in [1.807, 2.05) is 26.0 Å². The SMILES string of the molecule is Cc1cccc(NS(=O)(=O)c2ccc3oc(-c4nc(-c5cccnc5)no4)c(C)c3c2)c1. The maximum Gasteiger partial charge on any atom is 0.294 e. The summed E-state index contributed by atoms with van der Waals surface area (Å²) in [4.78, 5) is 8.58. The van der Waals surface area contributed by atoms with E-state index in [1.165, 1.54) is 6.07 Å². The second-order valence-electron chi connectivity index (χ2n) is 7.35. The van der Waals surface area contributed by atoms with Crippen molar-refractivity contribution in [1.82, 2.24) is 15.1 Å². The van der Waals surface area contributed by atoms with Crippen LogP contribution < -0.4 is 4.72 Å². The lowest BCUT2D eigenvalue weighted by atomic mass is 10.1. The van der Waals surface area contributed by atoms with Gasteiger partial charge in [0.15, 0.2) is 5.76 Å². The molecule has 0 radical (unpaired) electrons. The molecule has 0 aliphatic rings. The van der Waals surface area contributed by atoms with Crippen LogP contribution in [0, 0.1) is 13.8 Å². The smallest absolute Gasteiger partial charge is 0.294 e. The highest BCUT2D eigenvalue weighted by atomic mass is 32.2. The number of sulfonamides is 1. The predicted octanol–water partition coefficient (Wildman–Crippen LogP) is 4.96. The summed E-state index contributed by atoms with van der Waals surface area (Å²) < 4.78 is 39.7. The molecule has 0 fully saturated rings. The second kappa shape index (κ2) is 7.61. The Morgan fingerprint density at radius 2 is 1.88 bits per heavy atom. The Morgan fingerprint density at radius 1 is 1.00 bits per heavy atom. The third-order valence-corrected chi connectivity index (χ3v) is 6.41. The minimum atomic E-state index is -3.78.